The van der Waals surface area contributed by atoms with Gasteiger partial charge in [-0.15, -0.1) is 0 Å². The zero-order valence-corrected chi connectivity index (χ0v) is 12.7. The van der Waals surface area contributed by atoms with Gasteiger partial charge in [0, 0.05) is 11.4 Å². The van der Waals surface area contributed by atoms with Crippen LogP contribution in [0.3, 0.4) is 0 Å². The third-order valence-electron chi connectivity index (χ3n) is 3.21. The Morgan fingerprint density at radius 3 is 2.55 bits per heavy atom. The SMILES string of the molecule is COC(=O)c1cc(C)n(C(=O)NN=Cc2ccccc2)c1C. The molecular formula is C16H17N3O3. The van der Waals surface area contributed by atoms with Crippen LogP contribution in [-0.4, -0.2) is 29.9 Å². The number of benzene rings is 1. The summed E-state index contributed by atoms with van der Waals surface area (Å²) >= 11 is 0. The van der Waals surface area contributed by atoms with E-state index in [0.29, 0.717) is 17.0 Å². The summed E-state index contributed by atoms with van der Waals surface area (Å²) in [6.45, 7) is 3.42. The number of hydrogen-bond donors (Lipinski definition) is 1. The molecule has 2 rings (SSSR count). The van der Waals surface area contributed by atoms with Crippen LogP contribution in [0.1, 0.15) is 27.3 Å². The number of ether oxygens (including phenoxy) is 1. The van der Waals surface area contributed by atoms with Gasteiger partial charge < -0.3 is 4.74 Å². The summed E-state index contributed by atoms with van der Waals surface area (Å²) in [4.78, 5) is 23.8. The number of carbonyl (C=O) groups is 2. The van der Waals surface area contributed by atoms with Crippen LogP contribution < -0.4 is 5.43 Å². The average Bonchev–Trinajstić information content (AvgIpc) is 2.82. The van der Waals surface area contributed by atoms with Crippen molar-refractivity contribution in [3.05, 3.63) is 58.9 Å². The fourth-order valence-electron chi connectivity index (χ4n) is 2.14. The van der Waals surface area contributed by atoms with Gasteiger partial charge in [0.2, 0.25) is 0 Å². The first-order valence-corrected chi connectivity index (χ1v) is 6.70. The van der Waals surface area contributed by atoms with Gasteiger partial charge in [0.25, 0.3) is 0 Å². The van der Waals surface area contributed by atoms with E-state index in [1.165, 1.54) is 11.7 Å². The molecule has 1 aromatic carbocycles. The van der Waals surface area contributed by atoms with Crippen LogP contribution in [-0.2, 0) is 4.74 Å². The summed E-state index contributed by atoms with van der Waals surface area (Å²) in [6.07, 6.45) is 1.55. The number of aryl methyl sites for hydroxylation is 1. The quantitative estimate of drug-likeness (QED) is 0.537. The number of carbonyl (C=O) groups excluding carboxylic acids is 2. The highest BCUT2D eigenvalue weighted by Crippen LogP contribution is 2.15. The van der Waals surface area contributed by atoms with Gasteiger partial charge in [-0.2, -0.15) is 5.10 Å². The normalized spacial score (nSPS) is 10.7. The summed E-state index contributed by atoms with van der Waals surface area (Å²) in [5.74, 6) is -0.472. The van der Waals surface area contributed by atoms with Crippen LogP contribution in [0.2, 0.25) is 0 Å². The van der Waals surface area contributed by atoms with Crippen molar-refractivity contribution in [2.45, 2.75) is 13.8 Å². The molecule has 0 radical (unpaired) electrons. The molecule has 0 atom stereocenters. The second-order valence-electron chi connectivity index (χ2n) is 4.70. The van der Waals surface area contributed by atoms with Crippen LogP contribution in [0.25, 0.3) is 0 Å². The highest BCUT2D eigenvalue weighted by molar-refractivity contribution is 5.93. The number of nitrogens with one attached hydrogen (secondary N) is 1. The second kappa shape index (κ2) is 6.71. The van der Waals surface area contributed by atoms with Crippen molar-refractivity contribution in [3.63, 3.8) is 0 Å². The van der Waals surface area contributed by atoms with Gasteiger partial charge in [-0.05, 0) is 25.5 Å². The van der Waals surface area contributed by atoms with E-state index >= 15 is 0 Å². The summed E-state index contributed by atoms with van der Waals surface area (Å²) in [5, 5.41) is 3.91. The molecule has 0 unspecified atom stereocenters. The van der Waals surface area contributed by atoms with Gasteiger partial charge >= 0.3 is 12.0 Å². The van der Waals surface area contributed by atoms with Crippen LogP contribution in [0, 0.1) is 13.8 Å². The van der Waals surface area contributed by atoms with E-state index in [4.69, 9.17) is 4.74 Å². The number of esters is 1. The lowest BCUT2D eigenvalue weighted by atomic mass is 10.2. The molecule has 0 bridgehead atoms. The molecule has 1 aromatic heterocycles. The van der Waals surface area contributed by atoms with Gasteiger partial charge in [-0.1, -0.05) is 30.3 Å². The summed E-state index contributed by atoms with van der Waals surface area (Å²) in [7, 11) is 1.30. The summed E-state index contributed by atoms with van der Waals surface area (Å²) in [5.41, 5.74) is 4.82. The molecule has 1 N–H and O–H groups in total. The number of hydrogen-bond acceptors (Lipinski definition) is 4. The first-order chi connectivity index (χ1) is 10.5. The monoisotopic (exact) mass is 299 g/mol. The highest BCUT2D eigenvalue weighted by atomic mass is 16.5. The van der Waals surface area contributed by atoms with E-state index in [2.05, 4.69) is 10.5 Å². The predicted octanol–water partition coefficient (Wildman–Crippen LogP) is 2.48. The van der Waals surface area contributed by atoms with Crippen LogP contribution in [0.4, 0.5) is 4.79 Å². The minimum Gasteiger partial charge on any atom is -0.465 e. The molecule has 0 saturated carbocycles. The van der Waals surface area contributed by atoms with E-state index in [0.717, 1.165) is 5.56 Å². The maximum atomic E-state index is 12.2. The minimum absolute atomic E-state index is 0.363. The molecule has 6 heteroatoms. The molecule has 0 fully saturated rings. The molecule has 1 heterocycles. The Hall–Kier alpha value is -2.89. The Morgan fingerprint density at radius 2 is 1.91 bits per heavy atom. The lowest BCUT2D eigenvalue weighted by Crippen LogP contribution is -2.26. The first-order valence-electron chi connectivity index (χ1n) is 6.70. The molecular weight excluding hydrogens is 282 g/mol. The van der Waals surface area contributed by atoms with Crippen molar-refractivity contribution in [2.24, 2.45) is 5.10 Å². The Labute approximate surface area is 128 Å². The Balaban J connectivity index is 2.15. The number of nitrogens with zero attached hydrogens (tertiary/aromatic N) is 2. The van der Waals surface area contributed by atoms with Gasteiger partial charge in [-0.25, -0.2) is 15.0 Å². The van der Waals surface area contributed by atoms with Gasteiger partial charge in [0.15, 0.2) is 0 Å². The zero-order chi connectivity index (χ0) is 16.1. The highest BCUT2D eigenvalue weighted by Gasteiger charge is 2.19. The summed E-state index contributed by atoms with van der Waals surface area (Å²) < 4.78 is 6.07. The van der Waals surface area contributed by atoms with Crippen LogP contribution in [0.15, 0.2) is 41.5 Å². The molecule has 0 aliphatic heterocycles. The van der Waals surface area contributed by atoms with Crippen LogP contribution in [0.5, 0.6) is 0 Å². The number of rotatable bonds is 3. The average molecular weight is 299 g/mol. The smallest absolute Gasteiger partial charge is 0.346 e. The maximum absolute atomic E-state index is 12.2. The minimum atomic E-state index is -0.472. The maximum Gasteiger partial charge on any atom is 0.346 e. The molecule has 22 heavy (non-hydrogen) atoms. The number of methoxy groups -OCH3 is 1. The fraction of sp³-hybridized carbons (Fsp3) is 0.188. The van der Waals surface area contributed by atoms with Crippen molar-refractivity contribution in [3.8, 4) is 0 Å². The van der Waals surface area contributed by atoms with Crippen LogP contribution >= 0.6 is 0 Å². The standard InChI is InChI=1S/C16H17N3O3/c1-11-9-14(15(20)22-3)12(2)19(11)16(21)18-17-10-13-7-5-4-6-8-13/h4-10H,1-3H3,(H,18,21). The number of amides is 1. The molecule has 6 nitrogen and oxygen atoms in total. The van der Waals surface area contributed by atoms with Crippen molar-refractivity contribution in [2.75, 3.05) is 7.11 Å². The number of hydrazone groups is 1. The largest absolute Gasteiger partial charge is 0.465 e. The fourth-order valence-corrected chi connectivity index (χ4v) is 2.14. The summed E-state index contributed by atoms with van der Waals surface area (Å²) in [6, 6.07) is 10.6. The van der Waals surface area contributed by atoms with Gasteiger partial charge in [0.1, 0.15) is 0 Å². The van der Waals surface area contributed by atoms with E-state index in [-0.39, 0.29) is 0 Å². The van der Waals surface area contributed by atoms with Crippen molar-refractivity contribution in [1.82, 2.24) is 9.99 Å². The third kappa shape index (κ3) is 3.22. The first kappa shape index (κ1) is 15.5. The van der Waals surface area contributed by atoms with E-state index in [1.54, 1.807) is 26.1 Å². The molecule has 0 spiro atoms. The Bertz CT molecular complexity index is 718. The van der Waals surface area contributed by atoms with Crippen molar-refractivity contribution in [1.29, 1.82) is 0 Å². The number of aromatic nitrogens is 1. The zero-order valence-electron chi connectivity index (χ0n) is 12.7. The van der Waals surface area contributed by atoms with E-state index in [9.17, 15) is 9.59 Å². The van der Waals surface area contributed by atoms with Gasteiger partial charge in [-0.3, -0.25) is 4.57 Å². The second-order valence-corrected chi connectivity index (χ2v) is 4.70. The van der Waals surface area contributed by atoms with Gasteiger partial charge in [0.05, 0.1) is 18.9 Å². The van der Waals surface area contributed by atoms with Crippen molar-refractivity contribution >= 4 is 18.2 Å². The third-order valence-corrected chi connectivity index (χ3v) is 3.21. The van der Waals surface area contributed by atoms with E-state index < -0.39 is 12.0 Å². The van der Waals surface area contributed by atoms with Crippen molar-refractivity contribution < 1.29 is 14.3 Å². The predicted molar refractivity (Wildman–Crippen MR) is 83.2 cm³/mol. The molecule has 114 valence electrons. The molecule has 0 aliphatic carbocycles. The molecule has 1 amide bonds. The Kier molecular flexibility index (Phi) is 4.73. The van der Waals surface area contributed by atoms with E-state index in [1.807, 2.05) is 30.3 Å². The lowest BCUT2D eigenvalue weighted by molar-refractivity contribution is 0.0600. The molecule has 0 saturated heterocycles. The Morgan fingerprint density at radius 1 is 1.23 bits per heavy atom. The topological polar surface area (TPSA) is 72.7 Å². The lowest BCUT2D eigenvalue weighted by Gasteiger charge is -2.06. The molecule has 0 aliphatic rings. The molecule has 2 aromatic rings.